The lowest BCUT2D eigenvalue weighted by Crippen LogP contribution is -2.38. The van der Waals surface area contributed by atoms with E-state index in [0.29, 0.717) is 0 Å². The summed E-state index contributed by atoms with van der Waals surface area (Å²) in [5, 5.41) is 1.24. The van der Waals surface area contributed by atoms with E-state index in [1.54, 1.807) is 0 Å². The van der Waals surface area contributed by atoms with Gasteiger partial charge in [0.05, 0.1) is 5.54 Å². The molecule has 1 aromatic heterocycles. The third-order valence-electron chi connectivity index (χ3n) is 3.07. The zero-order valence-corrected chi connectivity index (χ0v) is 13.7. The van der Waals surface area contributed by atoms with Crippen molar-refractivity contribution in [3.8, 4) is 0 Å². The van der Waals surface area contributed by atoms with Crippen LogP contribution in [0.5, 0.6) is 0 Å². The lowest BCUT2D eigenvalue weighted by molar-refractivity contribution is 0.389. The number of thiazole rings is 1. The molecule has 0 radical (unpaired) electrons. The molecule has 1 aliphatic carbocycles. The summed E-state index contributed by atoms with van der Waals surface area (Å²) in [4.78, 5) is 5.91. The highest BCUT2D eigenvalue weighted by Crippen LogP contribution is 2.43. The first kappa shape index (κ1) is 14.4. The minimum atomic E-state index is 0.0258. The first-order valence-corrected chi connectivity index (χ1v) is 8.30. The van der Waals surface area contributed by atoms with Crippen LogP contribution in [-0.2, 0) is 5.54 Å². The predicted molar refractivity (Wildman–Crippen MR) is 82.0 cm³/mol. The van der Waals surface area contributed by atoms with E-state index in [2.05, 4.69) is 44.3 Å². The second kappa shape index (κ2) is 5.14. The van der Waals surface area contributed by atoms with E-state index < -0.39 is 0 Å². The fourth-order valence-corrected chi connectivity index (χ4v) is 3.60. The Morgan fingerprint density at radius 3 is 2.50 bits per heavy atom. The maximum atomic E-state index is 4.61. The number of aromatic nitrogens is 1. The summed E-state index contributed by atoms with van der Waals surface area (Å²) in [7, 11) is 0. The summed E-state index contributed by atoms with van der Waals surface area (Å²) >= 11 is 3.66. The lowest BCUT2D eigenvalue weighted by Gasteiger charge is -2.32. The summed E-state index contributed by atoms with van der Waals surface area (Å²) in [5.74, 6) is 0.896. The van der Waals surface area contributed by atoms with Crippen LogP contribution in [0.15, 0.2) is 6.20 Å². The average Bonchev–Trinajstić information content (AvgIpc) is 2.94. The molecule has 1 N–H and O–H groups in total. The molecule has 1 heterocycles. The molecule has 0 bridgehead atoms. The molecule has 102 valence electrons. The van der Waals surface area contributed by atoms with E-state index in [-0.39, 0.29) is 10.3 Å². The first-order chi connectivity index (χ1) is 8.28. The molecule has 4 heteroatoms. The molecular weight excluding hydrogens is 260 g/mol. The zero-order valence-electron chi connectivity index (χ0n) is 12.0. The number of hydrogen-bond acceptors (Lipinski definition) is 4. The largest absolute Gasteiger partial charge is 0.251 e. The summed E-state index contributed by atoms with van der Waals surface area (Å²) in [6.07, 6.45) is 5.99. The van der Waals surface area contributed by atoms with E-state index in [9.17, 15) is 0 Å². The molecule has 1 atom stereocenters. The standard InChI is InChI=1S/C14H24N2S2/c1-10-9-15-12(17-10)14(5,8-11-6-7-11)16-18-13(2,3)4/h9,11,16H,6-8H2,1-5H3. The summed E-state index contributed by atoms with van der Waals surface area (Å²) in [6.45, 7) is 11.2. The van der Waals surface area contributed by atoms with E-state index >= 15 is 0 Å². The molecular formula is C14H24N2S2. The van der Waals surface area contributed by atoms with Crippen molar-refractivity contribution in [1.29, 1.82) is 0 Å². The number of nitrogens with one attached hydrogen (secondary N) is 1. The maximum Gasteiger partial charge on any atom is 0.113 e. The van der Waals surface area contributed by atoms with Crippen LogP contribution in [0.2, 0.25) is 0 Å². The number of rotatable bonds is 5. The Kier molecular flexibility index (Phi) is 4.10. The van der Waals surface area contributed by atoms with Gasteiger partial charge in [0.25, 0.3) is 0 Å². The second-order valence-corrected chi connectivity index (χ2v) is 9.44. The van der Waals surface area contributed by atoms with Crippen molar-refractivity contribution in [3.63, 3.8) is 0 Å². The summed E-state index contributed by atoms with van der Waals surface area (Å²) in [6, 6.07) is 0. The predicted octanol–water partition coefficient (Wildman–Crippen LogP) is 4.50. The third-order valence-corrected chi connectivity index (χ3v) is 5.41. The van der Waals surface area contributed by atoms with E-state index in [0.717, 1.165) is 5.92 Å². The second-order valence-electron chi connectivity index (χ2n) is 6.57. The van der Waals surface area contributed by atoms with Gasteiger partial charge in [-0.05, 0) is 47.0 Å². The van der Waals surface area contributed by atoms with Crippen LogP contribution < -0.4 is 4.72 Å². The van der Waals surface area contributed by atoms with Crippen LogP contribution >= 0.6 is 23.3 Å². The topological polar surface area (TPSA) is 24.9 Å². The van der Waals surface area contributed by atoms with Gasteiger partial charge in [0.1, 0.15) is 5.01 Å². The molecule has 18 heavy (non-hydrogen) atoms. The van der Waals surface area contributed by atoms with Crippen molar-refractivity contribution in [3.05, 3.63) is 16.1 Å². The highest BCUT2D eigenvalue weighted by molar-refractivity contribution is 7.98. The molecule has 1 aromatic rings. The van der Waals surface area contributed by atoms with Crippen molar-refractivity contribution < 1.29 is 0 Å². The zero-order chi connectivity index (χ0) is 13.4. The molecule has 0 saturated heterocycles. The van der Waals surface area contributed by atoms with Crippen molar-refractivity contribution in [2.75, 3.05) is 0 Å². The van der Waals surface area contributed by atoms with Crippen LogP contribution in [0.25, 0.3) is 0 Å². The van der Waals surface area contributed by atoms with Crippen molar-refractivity contribution in [2.45, 2.75) is 64.2 Å². The van der Waals surface area contributed by atoms with Crippen LogP contribution in [-0.4, -0.2) is 9.73 Å². The number of nitrogens with zero attached hydrogens (tertiary/aromatic N) is 1. The Hall–Kier alpha value is -0.0600. The third kappa shape index (κ3) is 3.97. The van der Waals surface area contributed by atoms with E-state index in [1.165, 1.54) is 29.1 Å². The van der Waals surface area contributed by atoms with Crippen molar-refractivity contribution in [2.24, 2.45) is 5.92 Å². The smallest absolute Gasteiger partial charge is 0.113 e. The number of aryl methyl sites for hydroxylation is 1. The molecule has 1 aliphatic rings. The van der Waals surface area contributed by atoms with Gasteiger partial charge in [-0.1, -0.05) is 24.8 Å². The summed E-state index contributed by atoms with van der Waals surface area (Å²) in [5.41, 5.74) is 0.0258. The van der Waals surface area contributed by atoms with Crippen molar-refractivity contribution >= 4 is 23.3 Å². The molecule has 1 saturated carbocycles. The first-order valence-electron chi connectivity index (χ1n) is 6.67. The van der Waals surface area contributed by atoms with Gasteiger partial charge in [-0.15, -0.1) is 11.3 Å². The van der Waals surface area contributed by atoms with Gasteiger partial charge in [-0.25, -0.2) is 4.98 Å². The Morgan fingerprint density at radius 1 is 1.39 bits per heavy atom. The van der Waals surface area contributed by atoms with E-state index in [1.807, 2.05) is 29.5 Å². The Labute approximate surface area is 119 Å². The molecule has 0 amide bonds. The fourth-order valence-electron chi connectivity index (χ4n) is 1.95. The van der Waals surface area contributed by atoms with Crippen LogP contribution in [0, 0.1) is 12.8 Å². The normalized spacial score (nSPS) is 19.8. The molecule has 2 rings (SSSR count). The van der Waals surface area contributed by atoms with Crippen LogP contribution in [0.1, 0.15) is 56.8 Å². The molecule has 1 fully saturated rings. The van der Waals surface area contributed by atoms with Crippen LogP contribution in [0.3, 0.4) is 0 Å². The molecule has 0 aliphatic heterocycles. The van der Waals surface area contributed by atoms with E-state index in [4.69, 9.17) is 0 Å². The van der Waals surface area contributed by atoms with Crippen LogP contribution in [0.4, 0.5) is 0 Å². The Morgan fingerprint density at radius 2 is 2.06 bits per heavy atom. The Bertz CT molecular complexity index is 404. The van der Waals surface area contributed by atoms with Gasteiger partial charge in [0.15, 0.2) is 0 Å². The van der Waals surface area contributed by atoms with Gasteiger partial charge in [0, 0.05) is 15.8 Å². The monoisotopic (exact) mass is 284 g/mol. The molecule has 1 unspecified atom stereocenters. The molecule has 0 spiro atoms. The average molecular weight is 284 g/mol. The highest BCUT2D eigenvalue weighted by atomic mass is 32.2. The van der Waals surface area contributed by atoms with Gasteiger partial charge in [-0.2, -0.15) is 0 Å². The minimum absolute atomic E-state index is 0.0258. The fraction of sp³-hybridized carbons (Fsp3) is 0.786. The Balaban J connectivity index is 2.11. The van der Waals surface area contributed by atoms with Gasteiger partial charge >= 0.3 is 0 Å². The molecule has 0 aromatic carbocycles. The van der Waals surface area contributed by atoms with Crippen molar-refractivity contribution in [1.82, 2.24) is 9.71 Å². The molecule has 2 nitrogen and oxygen atoms in total. The van der Waals surface area contributed by atoms with Gasteiger partial charge < -0.3 is 0 Å². The minimum Gasteiger partial charge on any atom is -0.251 e. The maximum absolute atomic E-state index is 4.61. The highest BCUT2D eigenvalue weighted by Gasteiger charge is 2.37. The quantitative estimate of drug-likeness (QED) is 0.806. The van der Waals surface area contributed by atoms with Gasteiger partial charge in [0.2, 0.25) is 0 Å². The lowest BCUT2D eigenvalue weighted by atomic mass is 9.97. The number of hydrogen-bond donors (Lipinski definition) is 1. The summed E-state index contributed by atoms with van der Waals surface area (Å²) < 4.78 is 3.93. The SMILES string of the molecule is Cc1cnc(C(C)(CC2CC2)NSC(C)(C)C)s1. The van der Waals surface area contributed by atoms with Gasteiger partial charge in [-0.3, -0.25) is 4.72 Å².